The average Bonchev–Trinajstić information content (AvgIpc) is 2.35. The average molecular weight is 260 g/mol. The van der Waals surface area contributed by atoms with Gasteiger partial charge in [0, 0.05) is 6.61 Å². The van der Waals surface area contributed by atoms with E-state index >= 15 is 0 Å². The summed E-state index contributed by atoms with van der Waals surface area (Å²) in [5, 5.41) is 10.7. The van der Waals surface area contributed by atoms with Crippen LogP contribution >= 0.6 is 0 Å². The van der Waals surface area contributed by atoms with E-state index < -0.39 is 0 Å². The van der Waals surface area contributed by atoms with Crippen LogP contribution in [0.25, 0.3) is 0 Å². The van der Waals surface area contributed by atoms with Crippen LogP contribution in [-0.4, -0.2) is 17.3 Å². The molecule has 19 heavy (non-hydrogen) atoms. The Morgan fingerprint density at radius 2 is 1.89 bits per heavy atom. The molecule has 2 heteroatoms. The van der Waals surface area contributed by atoms with Crippen LogP contribution < -0.4 is 0 Å². The van der Waals surface area contributed by atoms with E-state index in [2.05, 4.69) is 32.0 Å². The fourth-order valence-electron chi connectivity index (χ4n) is 3.71. The Morgan fingerprint density at radius 1 is 1.21 bits per heavy atom. The quantitative estimate of drug-likeness (QED) is 0.879. The van der Waals surface area contributed by atoms with E-state index in [1.807, 2.05) is 0 Å². The molecule has 1 spiro atoms. The molecule has 1 aromatic carbocycles. The molecular formula is C17H24O2. The van der Waals surface area contributed by atoms with Gasteiger partial charge in [-0.05, 0) is 57.4 Å². The standard InChI is InChI=1S/C17H24O2/c1-12-8-13(2)10-15(9-12)16(18)14-4-7-19-17(11-14)5-3-6-17/h8-10,14,16,18H,3-7,11H2,1-2H3. The van der Waals surface area contributed by atoms with Crippen molar-refractivity contribution in [3.8, 4) is 0 Å². The summed E-state index contributed by atoms with van der Waals surface area (Å²) in [6, 6.07) is 6.41. The summed E-state index contributed by atoms with van der Waals surface area (Å²) in [7, 11) is 0. The fraction of sp³-hybridized carbons (Fsp3) is 0.647. The van der Waals surface area contributed by atoms with Gasteiger partial charge in [-0.15, -0.1) is 0 Å². The smallest absolute Gasteiger partial charge is 0.0820 e. The second kappa shape index (κ2) is 4.92. The lowest BCUT2D eigenvalue weighted by atomic mass is 9.70. The number of ether oxygens (including phenoxy) is 1. The van der Waals surface area contributed by atoms with Gasteiger partial charge in [0.2, 0.25) is 0 Å². The van der Waals surface area contributed by atoms with Crippen molar-refractivity contribution in [2.24, 2.45) is 5.92 Å². The maximum absolute atomic E-state index is 10.7. The molecule has 2 fully saturated rings. The monoisotopic (exact) mass is 260 g/mol. The highest BCUT2D eigenvalue weighted by atomic mass is 16.5. The molecule has 1 N–H and O–H groups in total. The third-order valence-corrected chi connectivity index (χ3v) is 4.83. The van der Waals surface area contributed by atoms with Crippen LogP contribution in [-0.2, 0) is 4.74 Å². The van der Waals surface area contributed by atoms with E-state index in [9.17, 15) is 5.11 Å². The molecule has 104 valence electrons. The zero-order chi connectivity index (χ0) is 13.5. The van der Waals surface area contributed by atoms with Crippen molar-refractivity contribution >= 4 is 0 Å². The van der Waals surface area contributed by atoms with Crippen molar-refractivity contribution in [3.63, 3.8) is 0 Å². The second-order valence-electron chi connectivity index (χ2n) is 6.50. The number of benzene rings is 1. The minimum atomic E-state index is -0.333. The highest BCUT2D eigenvalue weighted by molar-refractivity contribution is 5.30. The zero-order valence-electron chi connectivity index (χ0n) is 12.0. The maximum atomic E-state index is 10.7. The second-order valence-corrected chi connectivity index (χ2v) is 6.50. The van der Waals surface area contributed by atoms with E-state index in [1.165, 1.54) is 30.4 Å². The van der Waals surface area contributed by atoms with Gasteiger partial charge in [0.05, 0.1) is 11.7 Å². The number of aliphatic hydroxyl groups excluding tert-OH is 1. The van der Waals surface area contributed by atoms with Crippen LogP contribution in [0.2, 0.25) is 0 Å². The molecule has 1 saturated carbocycles. The van der Waals surface area contributed by atoms with Crippen molar-refractivity contribution in [1.29, 1.82) is 0 Å². The van der Waals surface area contributed by atoms with Gasteiger partial charge in [-0.1, -0.05) is 29.3 Å². The number of hydrogen-bond donors (Lipinski definition) is 1. The van der Waals surface area contributed by atoms with Crippen molar-refractivity contribution in [2.45, 2.75) is 57.7 Å². The molecule has 1 aliphatic heterocycles. The van der Waals surface area contributed by atoms with Crippen LogP contribution in [0.4, 0.5) is 0 Å². The molecule has 3 rings (SSSR count). The molecule has 1 aromatic rings. The lowest BCUT2D eigenvalue weighted by Crippen LogP contribution is -2.46. The first kappa shape index (κ1) is 13.1. The van der Waals surface area contributed by atoms with Gasteiger partial charge >= 0.3 is 0 Å². The predicted molar refractivity (Wildman–Crippen MR) is 76.1 cm³/mol. The number of hydrogen-bond acceptors (Lipinski definition) is 2. The lowest BCUT2D eigenvalue weighted by molar-refractivity contribution is -0.157. The van der Waals surface area contributed by atoms with Crippen LogP contribution in [0.1, 0.15) is 54.9 Å². The number of aryl methyl sites for hydroxylation is 2. The van der Waals surface area contributed by atoms with Gasteiger partial charge in [0.1, 0.15) is 0 Å². The third kappa shape index (κ3) is 2.56. The Bertz CT molecular complexity index is 442. The summed E-state index contributed by atoms with van der Waals surface area (Å²) in [6.45, 7) is 5.01. The molecular weight excluding hydrogens is 236 g/mol. The lowest BCUT2D eigenvalue weighted by Gasteiger charge is -2.48. The largest absolute Gasteiger partial charge is 0.388 e. The zero-order valence-corrected chi connectivity index (χ0v) is 12.0. The Hall–Kier alpha value is -0.860. The van der Waals surface area contributed by atoms with Crippen molar-refractivity contribution in [2.75, 3.05) is 6.61 Å². The Kier molecular flexibility index (Phi) is 3.40. The number of aliphatic hydroxyl groups is 1. The van der Waals surface area contributed by atoms with E-state index in [4.69, 9.17) is 4.74 Å². The van der Waals surface area contributed by atoms with Gasteiger partial charge < -0.3 is 9.84 Å². The van der Waals surface area contributed by atoms with Crippen LogP contribution in [0.5, 0.6) is 0 Å². The topological polar surface area (TPSA) is 29.5 Å². The maximum Gasteiger partial charge on any atom is 0.0820 e. The summed E-state index contributed by atoms with van der Waals surface area (Å²) in [5.74, 6) is 0.357. The first-order valence-corrected chi connectivity index (χ1v) is 7.48. The Morgan fingerprint density at radius 3 is 2.47 bits per heavy atom. The molecule has 2 aliphatic rings. The Balaban J connectivity index is 1.77. The molecule has 0 radical (unpaired) electrons. The van der Waals surface area contributed by atoms with Gasteiger partial charge in [-0.25, -0.2) is 0 Å². The van der Waals surface area contributed by atoms with Gasteiger partial charge in [-0.2, -0.15) is 0 Å². The molecule has 1 heterocycles. The molecule has 2 unspecified atom stereocenters. The van der Waals surface area contributed by atoms with Crippen molar-refractivity contribution in [1.82, 2.24) is 0 Å². The molecule has 1 aliphatic carbocycles. The summed E-state index contributed by atoms with van der Waals surface area (Å²) >= 11 is 0. The summed E-state index contributed by atoms with van der Waals surface area (Å²) in [5.41, 5.74) is 3.67. The molecule has 1 saturated heterocycles. The highest BCUT2D eigenvalue weighted by Crippen LogP contribution is 2.47. The number of rotatable bonds is 2. The summed E-state index contributed by atoms with van der Waals surface area (Å²) in [4.78, 5) is 0. The molecule has 2 atom stereocenters. The van der Waals surface area contributed by atoms with E-state index in [1.54, 1.807) is 0 Å². The van der Waals surface area contributed by atoms with Crippen molar-refractivity contribution in [3.05, 3.63) is 34.9 Å². The normalized spacial score (nSPS) is 27.0. The van der Waals surface area contributed by atoms with Gasteiger partial charge in [-0.3, -0.25) is 0 Å². The minimum Gasteiger partial charge on any atom is -0.388 e. The van der Waals surface area contributed by atoms with Gasteiger partial charge in [0.25, 0.3) is 0 Å². The summed E-state index contributed by atoms with van der Waals surface area (Å²) < 4.78 is 5.95. The van der Waals surface area contributed by atoms with Crippen LogP contribution in [0, 0.1) is 19.8 Å². The molecule has 0 aromatic heterocycles. The minimum absolute atomic E-state index is 0.114. The Labute approximate surface area is 115 Å². The van der Waals surface area contributed by atoms with E-state index in [-0.39, 0.29) is 11.7 Å². The third-order valence-electron chi connectivity index (χ3n) is 4.83. The molecule has 0 bridgehead atoms. The van der Waals surface area contributed by atoms with Crippen molar-refractivity contribution < 1.29 is 9.84 Å². The first-order chi connectivity index (χ1) is 9.08. The molecule has 2 nitrogen and oxygen atoms in total. The fourth-order valence-corrected chi connectivity index (χ4v) is 3.71. The highest BCUT2D eigenvalue weighted by Gasteiger charge is 2.44. The summed E-state index contributed by atoms with van der Waals surface area (Å²) in [6.07, 6.45) is 5.33. The van der Waals surface area contributed by atoms with Crippen LogP contribution in [0.3, 0.4) is 0 Å². The molecule has 0 amide bonds. The van der Waals surface area contributed by atoms with Crippen LogP contribution in [0.15, 0.2) is 18.2 Å². The van der Waals surface area contributed by atoms with Gasteiger partial charge in [0.15, 0.2) is 0 Å². The first-order valence-electron chi connectivity index (χ1n) is 7.48. The SMILES string of the molecule is Cc1cc(C)cc(C(O)C2CCOC3(CCC3)C2)c1. The van der Waals surface area contributed by atoms with E-state index in [0.29, 0.717) is 5.92 Å². The predicted octanol–water partition coefficient (Wildman–Crippen LogP) is 3.69. The van der Waals surface area contributed by atoms with E-state index in [0.717, 1.165) is 25.0 Å².